The molecule has 0 N–H and O–H groups in total. The van der Waals surface area contributed by atoms with E-state index in [-0.39, 0.29) is 5.97 Å². The van der Waals surface area contributed by atoms with Crippen molar-refractivity contribution in [1.82, 2.24) is 0 Å². The fourth-order valence-electron chi connectivity index (χ4n) is 2.63. The highest BCUT2D eigenvalue weighted by Gasteiger charge is 2.18. The van der Waals surface area contributed by atoms with Crippen LogP contribution in [0.4, 0.5) is 0 Å². The molecule has 0 aromatic heterocycles. The van der Waals surface area contributed by atoms with Gasteiger partial charge in [-0.05, 0) is 56.9 Å². The van der Waals surface area contributed by atoms with E-state index in [1.165, 1.54) is 17.2 Å². The number of rotatable bonds is 5. The maximum absolute atomic E-state index is 11.9. The lowest BCUT2D eigenvalue weighted by Gasteiger charge is -2.18. The maximum Gasteiger partial charge on any atom is 0.331 e. The lowest BCUT2D eigenvalue weighted by molar-refractivity contribution is -0.148. The van der Waals surface area contributed by atoms with Crippen molar-refractivity contribution < 1.29 is 14.3 Å². The zero-order valence-electron chi connectivity index (χ0n) is 14.1. The second kappa shape index (κ2) is 6.99. The van der Waals surface area contributed by atoms with Crippen LogP contribution in [0.25, 0.3) is 6.08 Å². The van der Waals surface area contributed by atoms with Crippen molar-refractivity contribution in [3.8, 4) is 5.75 Å². The third-order valence-corrected chi connectivity index (χ3v) is 3.61. The first-order valence-electron chi connectivity index (χ1n) is 8.09. The number of esters is 1. The van der Waals surface area contributed by atoms with Gasteiger partial charge >= 0.3 is 5.97 Å². The number of hydrogen-bond donors (Lipinski definition) is 0. The lowest BCUT2D eigenvalue weighted by atomic mass is 9.95. The molecule has 1 aliphatic rings. The minimum Gasteiger partial charge on any atom is -0.493 e. The second-order valence-electron chi connectivity index (χ2n) is 6.68. The van der Waals surface area contributed by atoms with E-state index < -0.39 is 5.60 Å². The molecule has 0 fully saturated rings. The molecule has 0 unspecified atom stereocenters. The first kappa shape index (κ1) is 16.6. The van der Waals surface area contributed by atoms with Crippen LogP contribution in [0, 0.1) is 0 Å². The molecule has 0 amide bonds. The smallest absolute Gasteiger partial charge is 0.331 e. The van der Waals surface area contributed by atoms with E-state index in [2.05, 4.69) is 19.1 Å². The lowest BCUT2D eigenvalue weighted by Crippen LogP contribution is -2.22. The van der Waals surface area contributed by atoms with Gasteiger partial charge in [0.15, 0.2) is 0 Å². The van der Waals surface area contributed by atoms with Gasteiger partial charge in [-0.3, -0.25) is 0 Å². The molecule has 0 saturated carbocycles. The molecule has 1 aliphatic heterocycles. The molecule has 1 aromatic rings. The Morgan fingerprint density at radius 1 is 1.36 bits per heavy atom. The number of carbonyl (C=O) groups excluding carboxylic acids is 1. The highest BCUT2D eigenvalue weighted by molar-refractivity contribution is 5.88. The van der Waals surface area contributed by atoms with Crippen molar-refractivity contribution >= 4 is 12.0 Å². The van der Waals surface area contributed by atoms with E-state index >= 15 is 0 Å². The van der Waals surface area contributed by atoms with Gasteiger partial charge in [-0.1, -0.05) is 19.4 Å². The van der Waals surface area contributed by atoms with Crippen LogP contribution in [-0.2, 0) is 22.4 Å². The molecule has 1 heterocycles. The normalized spacial score (nSPS) is 14.0. The van der Waals surface area contributed by atoms with E-state index in [1.807, 2.05) is 26.8 Å². The van der Waals surface area contributed by atoms with Gasteiger partial charge in [0.05, 0.1) is 6.61 Å². The summed E-state index contributed by atoms with van der Waals surface area (Å²) in [4.78, 5) is 11.9. The minimum atomic E-state index is -0.464. The highest BCUT2D eigenvalue weighted by atomic mass is 16.6. The molecule has 1 aromatic carbocycles. The summed E-state index contributed by atoms with van der Waals surface area (Å²) in [5.41, 5.74) is 3.17. The van der Waals surface area contributed by atoms with Gasteiger partial charge in [0.25, 0.3) is 0 Å². The molecule has 120 valence electrons. The Balaban J connectivity index is 2.24. The fraction of sp³-hybridized carbons (Fsp3) is 0.526. The number of fused-ring (bicyclic) bond motifs is 1. The van der Waals surface area contributed by atoms with Gasteiger partial charge in [0.2, 0.25) is 0 Å². The average Bonchev–Trinajstić information content (AvgIpc) is 2.89. The van der Waals surface area contributed by atoms with Gasteiger partial charge in [-0.25, -0.2) is 4.79 Å². The van der Waals surface area contributed by atoms with Crippen LogP contribution < -0.4 is 4.74 Å². The second-order valence-corrected chi connectivity index (χ2v) is 6.68. The van der Waals surface area contributed by atoms with Crippen LogP contribution in [0.15, 0.2) is 18.2 Å². The molecule has 0 atom stereocenters. The number of benzene rings is 1. The number of aryl methyl sites for hydroxylation is 1. The SMILES string of the molecule is CCCCc1ccc2c(c1/C=C/C(=O)OC(C)(C)C)CCO2. The van der Waals surface area contributed by atoms with E-state index in [9.17, 15) is 4.79 Å². The molecule has 0 radical (unpaired) electrons. The molecule has 0 saturated heterocycles. The maximum atomic E-state index is 11.9. The van der Waals surface area contributed by atoms with Gasteiger partial charge in [-0.15, -0.1) is 0 Å². The van der Waals surface area contributed by atoms with E-state index in [0.717, 1.165) is 43.6 Å². The van der Waals surface area contributed by atoms with Crippen molar-refractivity contribution in [3.63, 3.8) is 0 Å². The third-order valence-electron chi connectivity index (χ3n) is 3.61. The molecular formula is C19H26O3. The predicted octanol–water partition coefficient (Wildman–Crippen LogP) is 4.32. The number of carbonyl (C=O) groups is 1. The summed E-state index contributed by atoms with van der Waals surface area (Å²) in [7, 11) is 0. The average molecular weight is 302 g/mol. The molecule has 22 heavy (non-hydrogen) atoms. The first-order chi connectivity index (χ1) is 10.4. The topological polar surface area (TPSA) is 35.5 Å². The van der Waals surface area contributed by atoms with Gasteiger partial charge in [-0.2, -0.15) is 0 Å². The Kier molecular flexibility index (Phi) is 5.28. The molecule has 0 spiro atoms. The Morgan fingerprint density at radius 2 is 2.14 bits per heavy atom. The van der Waals surface area contributed by atoms with Crippen LogP contribution in [0.2, 0.25) is 0 Å². The van der Waals surface area contributed by atoms with Crippen molar-refractivity contribution in [2.75, 3.05) is 6.61 Å². The summed E-state index contributed by atoms with van der Waals surface area (Å²) in [5, 5.41) is 0. The quantitative estimate of drug-likeness (QED) is 0.600. The van der Waals surface area contributed by atoms with Crippen molar-refractivity contribution in [2.45, 2.75) is 59.0 Å². The zero-order valence-corrected chi connectivity index (χ0v) is 14.1. The minimum absolute atomic E-state index is 0.301. The molecule has 2 rings (SSSR count). The van der Waals surface area contributed by atoms with Crippen molar-refractivity contribution in [1.29, 1.82) is 0 Å². The number of unbranched alkanes of at least 4 members (excludes halogenated alkanes) is 1. The summed E-state index contributed by atoms with van der Waals surface area (Å²) >= 11 is 0. The Labute approximate surface area is 133 Å². The molecule has 3 nitrogen and oxygen atoms in total. The first-order valence-corrected chi connectivity index (χ1v) is 8.09. The van der Waals surface area contributed by atoms with Crippen molar-refractivity contribution in [3.05, 3.63) is 34.9 Å². The van der Waals surface area contributed by atoms with Crippen LogP contribution in [0.3, 0.4) is 0 Å². The van der Waals surface area contributed by atoms with Crippen LogP contribution in [0.1, 0.15) is 57.2 Å². The Bertz CT molecular complexity index is 565. The Morgan fingerprint density at radius 3 is 2.82 bits per heavy atom. The van der Waals surface area contributed by atoms with Crippen LogP contribution >= 0.6 is 0 Å². The summed E-state index contributed by atoms with van der Waals surface area (Å²) in [5.74, 6) is 0.648. The largest absolute Gasteiger partial charge is 0.493 e. The molecular weight excluding hydrogens is 276 g/mol. The standard InChI is InChI=1S/C19H26O3/c1-5-6-7-14-8-10-17-16(12-13-21-17)15(14)9-11-18(20)22-19(2,3)4/h8-11H,5-7,12-13H2,1-4H3/b11-9+. The molecule has 0 bridgehead atoms. The van der Waals surface area contributed by atoms with Crippen molar-refractivity contribution in [2.24, 2.45) is 0 Å². The fourth-order valence-corrected chi connectivity index (χ4v) is 2.63. The number of ether oxygens (including phenoxy) is 2. The molecule has 3 heteroatoms. The van der Waals surface area contributed by atoms with Gasteiger partial charge in [0, 0.05) is 18.1 Å². The van der Waals surface area contributed by atoms with E-state index in [1.54, 1.807) is 0 Å². The predicted molar refractivity (Wildman–Crippen MR) is 89.1 cm³/mol. The van der Waals surface area contributed by atoms with Gasteiger partial charge < -0.3 is 9.47 Å². The monoisotopic (exact) mass is 302 g/mol. The summed E-state index contributed by atoms with van der Waals surface area (Å²) in [6, 6.07) is 4.17. The Hall–Kier alpha value is -1.77. The summed E-state index contributed by atoms with van der Waals surface area (Å²) < 4.78 is 11.0. The molecule has 0 aliphatic carbocycles. The summed E-state index contributed by atoms with van der Waals surface area (Å²) in [6.07, 6.45) is 7.66. The number of hydrogen-bond acceptors (Lipinski definition) is 3. The van der Waals surface area contributed by atoms with E-state index in [4.69, 9.17) is 9.47 Å². The third kappa shape index (κ3) is 4.36. The van der Waals surface area contributed by atoms with E-state index in [0.29, 0.717) is 0 Å². The van der Waals surface area contributed by atoms with Gasteiger partial charge in [0.1, 0.15) is 11.4 Å². The van der Waals surface area contributed by atoms with Crippen LogP contribution in [0.5, 0.6) is 5.75 Å². The van der Waals surface area contributed by atoms with Crippen LogP contribution in [-0.4, -0.2) is 18.2 Å². The zero-order chi connectivity index (χ0) is 16.2. The summed E-state index contributed by atoms with van der Waals surface area (Å²) in [6.45, 7) is 8.53. The highest BCUT2D eigenvalue weighted by Crippen LogP contribution is 2.32.